The first kappa shape index (κ1) is 51.0. The largest absolute Gasteiger partial charge is 0.361 e. The molecule has 1 fully saturated rings. The van der Waals surface area contributed by atoms with Crippen LogP contribution in [0.3, 0.4) is 0 Å². The van der Waals surface area contributed by atoms with Crippen LogP contribution in [0.1, 0.15) is 100 Å². The Morgan fingerprint density at radius 2 is 0.986 bits per heavy atom. The number of benzene rings is 3. The van der Waals surface area contributed by atoms with E-state index in [1.807, 2.05) is 109 Å². The van der Waals surface area contributed by atoms with Crippen LogP contribution in [0.2, 0.25) is 0 Å². The zero-order valence-corrected chi connectivity index (χ0v) is 40.2. The topological polar surface area (TPSA) is 203 Å². The van der Waals surface area contributed by atoms with Gasteiger partial charge in [-0.05, 0) is 54.9 Å². The highest BCUT2D eigenvalue weighted by Crippen LogP contribution is 2.31. The van der Waals surface area contributed by atoms with Crippen molar-refractivity contribution >= 4 is 52.6 Å². The van der Waals surface area contributed by atoms with Crippen LogP contribution < -0.4 is 31.9 Å². The summed E-state index contributed by atoms with van der Waals surface area (Å²) in [7, 11) is 0. The smallest absolute Gasteiger partial charge is 0.243 e. The summed E-state index contributed by atoms with van der Waals surface area (Å²) in [5.41, 5.74) is 3.59. The molecule has 7 rings (SSSR count). The molecule has 1 aliphatic carbocycles. The molecular weight excluding hydrogens is 881 g/mol. The number of aromatic nitrogens is 1. The highest BCUT2D eigenvalue weighted by atomic mass is 16.2. The molecule has 6 amide bonds. The highest BCUT2D eigenvalue weighted by Gasteiger charge is 2.36. The average Bonchev–Trinajstić information content (AvgIpc) is 3.98. The van der Waals surface area contributed by atoms with Crippen LogP contribution in [0, 0.1) is 11.8 Å². The molecule has 3 aromatic carbocycles. The minimum Gasteiger partial charge on any atom is -0.361 e. The zero-order valence-electron chi connectivity index (χ0n) is 40.2. The van der Waals surface area contributed by atoms with Crippen LogP contribution in [-0.4, -0.2) is 89.9 Å². The van der Waals surface area contributed by atoms with Gasteiger partial charge in [-0.25, -0.2) is 0 Å². The summed E-state index contributed by atoms with van der Waals surface area (Å²) in [4.78, 5) is 91.1. The van der Waals surface area contributed by atoms with Crippen molar-refractivity contribution in [2.24, 2.45) is 16.8 Å². The van der Waals surface area contributed by atoms with Crippen LogP contribution in [0.15, 0.2) is 120 Å². The number of carbonyl (C=O) groups is 6. The van der Waals surface area contributed by atoms with Gasteiger partial charge in [-0.3, -0.25) is 33.8 Å². The average molecular weight is 951 g/mol. The van der Waals surface area contributed by atoms with Crippen molar-refractivity contribution in [1.29, 1.82) is 0 Å². The molecule has 14 nitrogen and oxygen atoms in total. The first-order valence-corrected chi connectivity index (χ1v) is 25.5. The van der Waals surface area contributed by atoms with Gasteiger partial charge in [0.05, 0.1) is 6.04 Å². The molecule has 0 radical (unpaired) electrons. The van der Waals surface area contributed by atoms with E-state index in [9.17, 15) is 28.8 Å². The Morgan fingerprint density at radius 1 is 0.486 bits per heavy atom. The van der Waals surface area contributed by atoms with Gasteiger partial charge in [0, 0.05) is 80.3 Å². The van der Waals surface area contributed by atoms with Crippen LogP contribution in [0.4, 0.5) is 0 Å². The van der Waals surface area contributed by atoms with Gasteiger partial charge in [0.1, 0.15) is 24.2 Å². The number of aromatic amines is 1. The molecule has 0 saturated carbocycles. The summed E-state index contributed by atoms with van der Waals surface area (Å²) in [5, 5.41) is 19.1. The first-order chi connectivity index (χ1) is 34.2. The fourth-order valence-corrected chi connectivity index (χ4v) is 9.67. The summed E-state index contributed by atoms with van der Waals surface area (Å²) in [6.45, 7) is 0.820. The Kier molecular flexibility index (Phi) is 19.5. The van der Waals surface area contributed by atoms with E-state index in [1.54, 1.807) is 0 Å². The lowest BCUT2D eigenvalue weighted by atomic mass is 9.83. The maximum absolute atomic E-state index is 14.2. The quantitative estimate of drug-likeness (QED) is 0.109. The lowest BCUT2D eigenvalue weighted by molar-refractivity contribution is -0.132. The number of aliphatic imine (C=N–C) groups is 1. The van der Waals surface area contributed by atoms with Crippen LogP contribution >= 0.6 is 0 Å². The Balaban J connectivity index is 1.02. The molecule has 7 atom stereocenters. The number of para-hydroxylation sites is 1. The number of nitrogens with one attached hydrogen (secondary N) is 7. The SMILES string of the molecule is O=C1CCCCCCCNC(=O)C(CC2C=NC3C=CC=CC23)NC(=O)C(Cc2ccccc2)NC(=O)CCCCCCCNC(=O)C(Cc2c[nH]c3ccccc23)NC(=O)C(Cc2ccccc2)N1. The van der Waals surface area contributed by atoms with E-state index in [2.05, 4.69) is 54.0 Å². The Morgan fingerprint density at radius 3 is 1.60 bits per heavy atom. The molecule has 370 valence electrons. The van der Waals surface area contributed by atoms with Crippen molar-refractivity contribution < 1.29 is 28.8 Å². The number of rotatable bonds is 8. The number of allylic oxidation sites excluding steroid dienone is 2. The Labute approximate surface area is 411 Å². The first-order valence-electron chi connectivity index (χ1n) is 25.5. The molecule has 1 saturated heterocycles. The summed E-state index contributed by atoms with van der Waals surface area (Å²) >= 11 is 0. The van der Waals surface area contributed by atoms with Crippen molar-refractivity contribution in [2.75, 3.05) is 13.1 Å². The molecule has 0 bridgehead atoms. The summed E-state index contributed by atoms with van der Waals surface area (Å²) < 4.78 is 0. The number of fused-ring (bicyclic) bond motifs is 2. The molecule has 1 aromatic heterocycles. The van der Waals surface area contributed by atoms with E-state index in [0.717, 1.165) is 66.1 Å². The third-order valence-electron chi connectivity index (χ3n) is 13.6. The monoisotopic (exact) mass is 951 g/mol. The molecule has 14 heteroatoms. The van der Waals surface area contributed by atoms with Gasteiger partial charge in [-0.15, -0.1) is 0 Å². The van der Waals surface area contributed by atoms with Crippen molar-refractivity contribution in [3.8, 4) is 0 Å². The molecule has 70 heavy (non-hydrogen) atoms. The van der Waals surface area contributed by atoms with Crippen molar-refractivity contribution in [3.63, 3.8) is 0 Å². The number of H-pyrrole nitrogens is 1. The minimum absolute atomic E-state index is 0.00217. The van der Waals surface area contributed by atoms with Gasteiger partial charge in [-0.1, -0.05) is 142 Å². The number of amides is 6. The van der Waals surface area contributed by atoms with Crippen molar-refractivity contribution in [1.82, 2.24) is 36.9 Å². The Hall–Kier alpha value is -6.83. The van der Waals surface area contributed by atoms with Gasteiger partial charge in [0.15, 0.2) is 0 Å². The number of carbonyl (C=O) groups excluding carboxylic acids is 6. The van der Waals surface area contributed by atoms with E-state index < -0.39 is 36.0 Å². The third kappa shape index (κ3) is 15.6. The van der Waals surface area contributed by atoms with Gasteiger partial charge >= 0.3 is 0 Å². The van der Waals surface area contributed by atoms with Gasteiger partial charge < -0.3 is 36.9 Å². The van der Waals surface area contributed by atoms with E-state index >= 15 is 0 Å². The summed E-state index contributed by atoms with van der Waals surface area (Å²) in [6, 6.07) is 23.3. The predicted octanol–water partition coefficient (Wildman–Crippen LogP) is 6.26. The molecule has 2 aliphatic heterocycles. The number of nitrogens with zero attached hydrogens (tertiary/aromatic N) is 1. The maximum Gasteiger partial charge on any atom is 0.243 e. The molecule has 3 heterocycles. The highest BCUT2D eigenvalue weighted by molar-refractivity contribution is 5.94. The lowest BCUT2D eigenvalue weighted by Crippen LogP contribution is -2.55. The molecular formula is C56H70N8O6. The van der Waals surface area contributed by atoms with Crippen LogP contribution in [0.25, 0.3) is 10.9 Å². The minimum atomic E-state index is -0.902. The van der Waals surface area contributed by atoms with E-state index in [1.165, 1.54) is 0 Å². The molecule has 7 N–H and O–H groups in total. The fourth-order valence-electron chi connectivity index (χ4n) is 9.67. The zero-order chi connectivity index (χ0) is 48.9. The molecule has 3 aliphatic rings. The van der Waals surface area contributed by atoms with E-state index in [0.29, 0.717) is 45.2 Å². The van der Waals surface area contributed by atoms with E-state index in [4.69, 9.17) is 0 Å². The Bertz CT molecular complexity index is 2450. The molecule has 7 unspecified atom stereocenters. The maximum atomic E-state index is 14.2. The second-order valence-corrected chi connectivity index (χ2v) is 19.0. The van der Waals surface area contributed by atoms with Gasteiger partial charge in [0.25, 0.3) is 0 Å². The van der Waals surface area contributed by atoms with Crippen molar-refractivity contribution in [2.45, 2.75) is 133 Å². The normalized spacial score (nSPS) is 25.4. The molecule has 4 aromatic rings. The van der Waals surface area contributed by atoms with Gasteiger partial charge in [-0.2, -0.15) is 0 Å². The third-order valence-corrected chi connectivity index (χ3v) is 13.6. The number of hydrogen-bond donors (Lipinski definition) is 7. The second kappa shape index (κ2) is 26.8. The van der Waals surface area contributed by atoms with E-state index in [-0.39, 0.29) is 73.6 Å². The van der Waals surface area contributed by atoms with Gasteiger partial charge in [0.2, 0.25) is 35.4 Å². The second-order valence-electron chi connectivity index (χ2n) is 19.0. The lowest BCUT2D eigenvalue weighted by Gasteiger charge is -2.27. The molecule has 0 spiro atoms. The number of hydrogen-bond acceptors (Lipinski definition) is 7. The predicted molar refractivity (Wildman–Crippen MR) is 274 cm³/mol. The summed E-state index contributed by atoms with van der Waals surface area (Å²) in [5.74, 6) is -1.87. The van der Waals surface area contributed by atoms with Crippen molar-refractivity contribution in [3.05, 3.63) is 132 Å². The standard InChI is InChI=1S/C56H70N8O6/c65-51-29-13-3-1-5-19-31-57-53(67)49(35-41-37-59-45-27-17-15-25-43(41)45)63-56(70)48(34-40-23-11-8-12-24-40)62-52(66)30-14-4-2-6-20-32-58-54(68)50(36-42-38-60-46-28-18-16-26-44(42)46)64-55(69)47(61-51)33-39-21-9-7-10-22-39/h7-12,15-18,21-28,37-38,41,43,45,47-50,60H,1-6,13-14,19-20,29-36H2,(H,57,67)(H,58,68)(H,61,65)(H,62,66)(H,63,70)(H,64,69). The fraction of sp³-hybridized carbons (Fsp3) is 0.446. The van der Waals surface area contributed by atoms with Crippen LogP contribution in [-0.2, 0) is 48.0 Å². The van der Waals surface area contributed by atoms with Crippen LogP contribution in [0.5, 0.6) is 0 Å². The summed E-state index contributed by atoms with van der Waals surface area (Å²) in [6.07, 6.45) is 21.0.